The van der Waals surface area contributed by atoms with Crippen LogP contribution in [0.5, 0.6) is 0 Å². The van der Waals surface area contributed by atoms with Crippen molar-refractivity contribution in [3.8, 4) is 0 Å². The van der Waals surface area contributed by atoms with E-state index in [9.17, 15) is 13.2 Å². The van der Waals surface area contributed by atoms with Gasteiger partial charge in [-0.3, -0.25) is 4.79 Å². The molecule has 0 atom stereocenters. The molecule has 0 spiro atoms. The molecule has 3 N–H and O–H groups in total. The predicted octanol–water partition coefficient (Wildman–Crippen LogP) is 1.25. The largest absolute Gasteiger partial charge is 0.352 e. The Morgan fingerprint density at radius 2 is 1.96 bits per heavy atom. The summed E-state index contributed by atoms with van der Waals surface area (Å²) in [6.07, 6.45) is 4.70. The lowest BCUT2D eigenvalue weighted by molar-refractivity contribution is 0.0953. The third-order valence-electron chi connectivity index (χ3n) is 3.97. The second kappa shape index (κ2) is 8.42. The smallest absolute Gasteiger partial charge is 0.251 e. The van der Waals surface area contributed by atoms with Gasteiger partial charge in [-0.25, -0.2) is 13.1 Å². The molecule has 0 bridgehead atoms. The maximum absolute atomic E-state index is 12.4. The minimum Gasteiger partial charge on any atom is -0.352 e. The van der Waals surface area contributed by atoms with E-state index in [2.05, 4.69) is 15.4 Å². The van der Waals surface area contributed by atoms with Crippen LogP contribution >= 0.6 is 0 Å². The Kier molecular flexibility index (Phi) is 6.56. The summed E-state index contributed by atoms with van der Waals surface area (Å²) in [5.74, 6) is -0.251. The first kappa shape index (κ1) is 17.9. The van der Waals surface area contributed by atoms with Gasteiger partial charge in [0.25, 0.3) is 5.91 Å². The van der Waals surface area contributed by atoms with E-state index in [1.165, 1.54) is 12.1 Å². The molecule has 23 heavy (non-hydrogen) atoms. The molecule has 1 saturated carbocycles. The summed E-state index contributed by atoms with van der Waals surface area (Å²) in [4.78, 5) is 12.2. The van der Waals surface area contributed by atoms with Gasteiger partial charge in [0.05, 0.1) is 4.90 Å². The summed E-state index contributed by atoms with van der Waals surface area (Å²) < 4.78 is 27.6. The topological polar surface area (TPSA) is 87.3 Å². The van der Waals surface area contributed by atoms with E-state index in [-0.39, 0.29) is 16.8 Å². The first-order valence-electron chi connectivity index (χ1n) is 8.08. The van der Waals surface area contributed by atoms with Gasteiger partial charge >= 0.3 is 0 Å². The monoisotopic (exact) mass is 339 g/mol. The molecule has 6 nitrogen and oxygen atoms in total. The van der Waals surface area contributed by atoms with Crippen LogP contribution < -0.4 is 15.4 Å². The number of hydrogen-bond donors (Lipinski definition) is 3. The SMILES string of the molecule is CNCCCNC(=O)c1cccc(S(=O)(=O)NC2CCCC2)c1. The van der Waals surface area contributed by atoms with Gasteiger partial charge in [0.1, 0.15) is 0 Å². The molecule has 0 saturated heterocycles. The van der Waals surface area contributed by atoms with Crippen LogP contribution in [0.4, 0.5) is 0 Å². The highest BCUT2D eigenvalue weighted by Gasteiger charge is 2.23. The average molecular weight is 339 g/mol. The molecule has 1 aliphatic rings. The second-order valence-corrected chi connectivity index (χ2v) is 7.56. The van der Waals surface area contributed by atoms with Gasteiger partial charge in [0, 0.05) is 18.2 Å². The summed E-state index contributed by atoms with van der Waals surface area (Å²) in [5.41, 5.74) is 0.365. The van der Waals surface area contributed by atoms with Crippen molar-refractivity contribution in [1.29, 1.82) is 0 Å². The predicted molar refractivity (Wildman–Crippen MR) is 89.9 cm³/mol. The van der Waals surface area contributed by atoms with Gasteiger partial charge in [0.2, 0.25) is 10.0 Å². The molecule has 0 unspecified atom stereocenters. The fraction of sp³-hybridized carbons (Fsp3) is 0.562. The molecule has 1 fully saturated rings. The number of benzene rings is 1. The number of hydrogen-bond acceptors (Lipinski definition) is 4. The summed E-state index contributed by atoms with van der Waals surface area (Å²) in [5, 5.41) is 5.80. The van der Waals surface area contributed by atoms with Crippen LogP contribution in [0.25, 0.3) is 0 Å². The molecule has 1 aromatic carbocycles. The van der Waals surface area contributed by atoms with E-state index in [4.69, 9.17) is 0 Å². The minimum atomic E-state index is -3.57. The van der Waals surface area contributed by atoms with Gasteiger partial charge in [-0.15, -0.1) is 0 Å². The van der Waals surface area contributed by atoms with Crippen molar-refractivity contribution in [2.75, 3.05) is 20.1 Å². The summed E-state index contributed by atoms with van der Waals surface area (Å²) in [6.45, 7) is 1.37. The second-order valence-electron chi connectivity index (χ2n) is 5.84. The molecule has 1 amide bonds. The standard InChI is InChI=1S/C16H25N3O3S/c1-17-10-5-11-18-16(20)13-6-4-9-15(12-13)23(21,22)19-14-7-2-3-8-14/h4,6,9,12,14,17,19H,2-3,5,7-8,10-11H2,1H3,(H,18,20). The Hall–Kier alpha value is -1.44. The number of amides is 1. The van der Waals surface area contributed by atoms with Crippen LogP contribution in [0.3, 0.4) is 0 Å². The fourth-order valence-corrected chi connectivity index (χ4v) is 4.06. The third kappa shape index (κ3) is 5.30. The number of nitrogens with one attached hydrogen (secondary N) is 3. The Balaban J connectivity index is 2.01. The Morgan fingerprint density at radius 3 is 2.65 bits per heavy atom. The molecule has 1 aliphatic carbocycles. The van der Waals surface area contributed by atoms with E-state index in [1.807, 2.05) is 7.05 Å². The van der Waals surface area contributed by atoms with E-state index in [0.29, 0.717) is 12.1 Å². The number of carbonyl (C=O) groups is 1. The van der Waals surface area contributed by atoms with Crippen LogP contribution in [-0.4, -0.2) is 40.5 Å². The molecule has 0 heterocycles. The van der Waals surface area contributed by atoms with Crippen molar-refractivity contribution in [2.45, 2.75) is 43.0 Å². The molecular weight excluding hydrogens is 314 g/mol. The zero-order valence-electron chi connectivity index (χ0n) is 13.5. The van der Waals surface area contributed by atoms with E-state index in [0.717, 1.165) is 38.6 Å². The zero-order chi connectivity index (χ0) is 16.7. The number of rotatable bonds is 8. The lowest BCUT2D eigenvalue weighted by Crippen LogP contribution is -2.33. The van der Waals surface area contributed by atoms with Gasteiger partial charge in [-0.1, -0.05) is 18.9 Å². The van der Waals surface area contributed by atoms with Crippen LogP contribution in [0, 0.1) is 0 Å². The van der Waals surface area contributed by atoms with Crippen molar-refractivity contribution in [3.63, 3.8) is 0 Å². The Morgan fingerprint density at radius 1 is 1.22 bits per heavy atom. The van der Waals surface area contributed by atoms with Gasteiger partial charge < -0.3 is 10.6 Å². The Bertz CT molecular complexity index is 625. The molecule has 1 aromatic rings. The lowest BCUT2D eigenvalue weighted by Gasteiger charge is -2.13. The molecular formula is C16H25N3O3S. The maximum Gasteiger partial charge on any atom is 0.251 e. The maximum atomic E-state index is 12.4. The van der Waals surface area contributed by atoms with Gasteiger partial charge in [0.15, 0.2) is 0 Å². The van der Waals surface area contributed by atoms with Crippen molar-refractivity contribution in [1.82, 2.24) is 15.4 Å². The van der Waals surface area contributed by atoms with Gasteiger partial charge in [-0.2, -0.15) is 0 Å². The highest BCUT2D eigenvalue weighted by Crippen LogP contribution is 2.20. The van der Waals surface area contributed by atoms with Crippen molar-refractivity contribution in [3.05, 3.63) is 29.8 Å². The van der Waals surface area contributed by atoms with Crippen LogP contribution in [0.2, 0.25) is 0 Å². The van der Waals surface area contributed by atoms with Crippen LogP contribution in [-0.2, 0) is 10.0 Å². The summed E-state index contributed by atoms with van der Waals surface area (Å²) >= 11 is 0. The quantitative estimate of drug-likeness (QED) is 0.622. The molecule has 0 aromatic heterocycles. The molecule has 2 rings (SSSR count). The number of sulfonamides is 1. The van der Waals surface area contributed by atoms with Crippen molar-refractivity contribution >= 4 is 15.9 Å². The van der Waals surface area contributed by atoms with E-state index >= 15 is 0 Å². The highest BCUT2D eigenvalue weighted by atomic mass is 32.2. The zero-order valence-corrected chi connectivity index (χ0v) is 14.3. The first-order chi connectivity index (χ1) is 11.0. The van der Waals surface area contributed by atoms with Crippen LogP contribution in [0.15, 0.2) is 29.2 Å². The average Bonchev–Trinajstić information content (AvgIpc) is 3.04. The third-order valence-corrected chi connectivity index (χ3v) is 5.49. The molecule has 0 radical (unpaired) electrons. The highest BCUT2D eigenvalue weighted by molar-refractivity contribution is 7.89. The van der Waals surface area contributed by atoms with Gasteiger partial charge in [-0.05, 0) is 51.1 Å². The Labute approximate surface area is 138 Å². The molecule has 7 heteroatoms. The normalized spacial score (nSPS) is 15.7. The first-order valence-corrected chi connectivity index (χ1v) is 9.56. The fourth-order valence-electron chi connectivity index (χ4n) is 2.70. The van der Waals surface area contributed by atoms with Crippen molar-refractivity contribution in [2.24, 2.45) is 0 Å². The van der Waals surface area contributed by atoms with Crippen molar-refractivity contribution < 1.29 is 13.2 Å². The number of carbonyl (C=O) groups excluding carboxylic acids is 1. The van der Waals surface area contributed by atoms with E-state index < -0.39 is 10.0 Å². The molecule has 128 valence electrons. The molecule has 0 aliphatic heterocycles. The summed E-state index contributed by atoms with van der Waals surface area (Å²) in [6, 6.07) is 6.20. The van der Waals surface area contributed by atoms with E-state index in [1.54, 1.807) is 12.1 Å². The summed E-state index contributed by atoms with van der Waals surface area (Å²) in [7, 11) is -1.71. The van der Waals surface area contributed by atoms with Crippen LogP contribution in [0.1, 0.15) is 42.5 Å². The lowest BCUT2D eigenvalue weighted by atomic mass is 10.2. The minimum absolute atomic E-state index is 0.0130.